The SMILES string of the molecule is COBNC1CCC(N)CC1. The lowest BCUT2D eigenvalue weighted by molar-refractivity contribution is 0.355. The maximum Gasteiger partial charge on any atom is 0.360 e. The van der Waals surface area contributed by atoms with Crippen molar-refractivity contribution < 1.29 is 4.65 Å². The van der Waals surface area contributed by atoms with Gasteiger partial charge in [0.1, 0.15) is 0 Å². The summed E-state index contributed by atoms with van der Waals surface area (Å²) in [6.45, 7) is 0. The molecule has 0 aromatic rings. The summed E-state index contributed by atoms with van der Waals surface area (Å²) in [6.07, 6.45) is 4.71. The Labute approximate surface area is 69.0 Å². The minimum Gasteiger partial charge on any atom is -0.427 e. The normalized spacial score (nSPS) is 31.8. The lowest BCUT2D eigenvalue weighted by atomic mass is 9.90. The Morgan fingerprint density at radius 1 is 1.36 bits per heavy atom. The Hall–Kier alpha value is -0.0551. The van der Waals surface area contributed by atoms with Gasteiger partial charge in [-0.25, -0.2) is 0 Å². The molecule has 1 rings (SSSR count). The first-order valence-corrected chi connectivity index (χ1v) is 4.31. The van der Waals surface area contributed by atoms with Crippen molar-refractivity contribution >= 4 is 7.62 Å². The van der Waals surface area contributed by atoms with Crippen molar-refractivity contribution in [1.29, 1.82) is 0 Å². The summed E-state index contributed by atoms with van der Waals surface area (Å²) in [7, 11) is 2.38. The highest BCUT2D eigenvalue weighted by molar-refractivity contribution is 6.23. The standard InChI is InChI=1S/C7H17BN2O/c1-11-8-10-7-4-2-6(9)3-5-7/h6-8,10H,2-5,9H2,1H3. The molecular weight excluding hydrogens is 139 g/mol. The van der Waals surface area contributed by atoms with E-state index in [1.54, 1.807) is 7.11 Å². The summed E-state index contributed by atoms with van der Waals surface area (Å²) >= 11 is 0. The summed E-state index contributed by atoms with van der Waals surface area (Å²) in [5.41, 5.74) is 5.77. The zero-order valence-corrected chi connectivity index (χ0v) is 7.18. The third-order valence-electron chi connectivity index (χ3n) is 2.29. The maximum atomic E-state index is 5.77. The van der Waals surface area contributed by atoms with Gasteiger partial charge in [-0.05, 0) is 31.7 Å². The first-order chi connectivity index (χ1) is 5.33. The van der Waals surface area contributed by atoms with Crippen LogP contribution in [-0.4, -0.2) is 26.8 Å². The van der Waals surface area contributed by atoms with Crippen LogP contribution in [0.4, 0.5) is 0 Å². The van der Waals surface area contributed by atoms with E-state index in [1.807, 2.05) is 0 Å². The number of rotatable bonds is 3. The molecule has 0 aromatic carbocycles. The van der Waals surface area contributed by atoms with Crippen LogP contribution in [0.5, 0.6) is 0 Å². The largest absolute Gasteiger partial charge is 0.427 e. The molecule has 0 amide bonds. The predicted molar refractivity (Wildman–Crippen MR) is 47.5 cm³/mol. The van der Waals surface area contributed by atoms with Crippen LogP contribution in [0.2, 0.25) is 0 Å². The van der Waals surface area contributed by atoms with E-state index in [9.17, 15) is 0 Å². The Kier molecular flexibility index (Phi) is 3.90. The minimum absolute atomic E-state index is 0.440. The van der Waals surface area contributed by atoms with Crippen LogP contribution >= 0.6 is 0 Å². The molecule has 1 aliphatic rings. The van der Waals surface area contributed by atoms with E-state index >= 15 is 0 Å². The average molecular weight is 156 g/mol. The topological polar surface area (TPSA) is 47.3 Å². The molecule has 0 aliphatic heterocycles. The molecule has 0 spiro atoms. The third kappa shape index (κ3) is 3.23. The first-order valence-electron chi connectivity index (χ1n) is 4.31. The van der Waals surface area contributed by atoms with Crippen LogP contribution in [0.3, 0.4) is 0 Å². The van der Waals surface area contributed by atoms with E-state index in [1.165, 1.54) is 12.8 Å². The Bertz CT molecular complexity index is 102. The molecule has 1 fully saturated rings. The van der Waals surface area contributed by atoms with Crippen LogP contribution in [0.1, 0.15) is 25.7 Å². The molecule has 4 heteroatoms. The van der Waals surface area contributed by atoms with Crippen molar-refractivity contribution in [2.75, 3.05) is 7.11 Å². The molecule has 1 aliphatic carbocycles. The summed E-state index contributed by atoms with van der Waals surface area (Å²) in [5.74, 6) is 0. The highest BCUT2D eigenvalue weighted by Gasteiger charge is 2.17. The molecule has 0 radical (unpaired) electrons. The molecule has 11 heavy (non-hydrogen) atoms. The molecular formula is C7H17BN2O. The molecule has 0 saturated heterocycles. The van der Waals surface area contributed by atoms with Crippen molar-refractivity contribution in [2.24, 2.45) is 5.73 Å². The fourth-order valence-corrected chi connectivity index (χ4v) is 1.52. The van der Waals surface area contributed by atoms with Gasteiger partial charge in [0.25, 0.3) is 0 Å². The second kappa shape index (κ2) is 4.75. The quantitative estimate of drug-likeness (QED) is 0.554. The molecule has 0 aromatic heterocycles. The maximum absolute atomic E-state index is 5.77. The van der Waals surface area contributed by atoms with Crippen molar-refractivity contribution in [3.8, 4) is 0 Å². The van der Waals surface area contributed by atoms with E-state index < -0.39 is 0 Å². The number of nitrogens with two attached hydrogens (primary N) is 1. The van der Waals surface area contributed by atoms with E-state index in [0.29, 0.717) is 19.7 Å². The summed E-state index contributed by atoms with van der Waals surface area (Å²) in [6, 6.07) is 1.07. The van der Waals surface area contributed by atoms with E-state index in [2.05, 4.69) is 5.23 Å². The number of hydrogen-bond donors (Lipinski definition) is 2. The van der Waals surface area contributed by atoms with Crippen molar-refractivity contribution in [3.05, 3.63) is 0 Å². The van der Waals surface area contributed by atoms with E-state index in [-0.39, 0.29) is 0 Å². The highest BCUT2D eigenvalue weighted by Crippen LogP contribution is 2.16. The van der Waals surface area contributed by atoms with Gasteiger partial charge < -0.3 is 15.6 Å². The third-order valence-corrected chi connectivity index (χ3v) is 2.29. The van der Waals surface area contributed by atoms with Crippen molar-refractivity contribution in [1.82, 2.24) is 5.23 Å². The van der Waals surface area contributed by atoms with Gasteiger partial charge in [-0.3, -0.25) is 0 Å². The molecule has 0 unspecified atom stereocenters. The average Bonchev–Trinajstić information content (AvgIpc) is 2.04. The summed E-state index contributed by atoms with van der Waals surface area (Å²) < 4.78 is 4.93. The van der Waals surface area contributed by atoms with Crippen LogP contribution in [-0.2, 0) is 4.65 Å². The van der Waals surface area contributed by atoms with Crippen LogP contribution < -0.4 is 11.0 Å². The zero-order chi connectivity index (χ0) is 8.10. The second-order valence-electron chi connectivity index (χ2n) is 3.25. The van der Waals surface area contributed by atoms with Crippen molar-refractivity contribution in [2.45, 2.75) is 37.8 Å². The van der Waals surface area contributed by atoms with Gasteiger partial charge in [-0.15, -0.1) is 0 Å². The van der Waals surface area contributed by atoms with Gasteiger partial charge in [-0.2, -0.15) is 0 Å². The summed E-state index contributed by atoms with van der Waals surface area (Å²) in [4.78, 5) is 0. The van der Waals surface area contributed by atoms with Gasteiger partial charge in [0.05, 0.1) is 0 Å². The van der Waals surface area contributed by atoms with Gasteiger partial charge >= 0.3 is 7.62 Å². The van der Waals surface area contributed by atoms with Gasteiger partial charge in [0.2, 0.25) is 0 Å². The zero-order valence-electron chi connectivity index (χ0n) is 7.18. The van der Waals surface area contributed by atoms with Gasteiger partial charge in [-0.1, -0.05) is 0 Å². The fraction of sp³-hybridized carbons (Fsp3) is 1.00. The Morgan fingerprint density at radius 3 is 2.55 bits per heavy atom. The van der Waals surface area contributed by atoms with Gasteiger partial charge in [0, 0.05) is 13.2 Å². The molecule has 64 valence electrons. The summed E-state index contributed by atoms with van der Waals surface area (Å²) in [5, 5.41) is 3.31. The Morgan fingerprint density at radius 2 is 2.00 bits per heavy atom. The molecule has 0 bridgehead atoms. The first kappa shape index (κ1) is 9.04. The molecule has 0 heterocycles. The molecule has 0 atom stereocenters. The molecule has 1 saturated carbocycles. The van der Waals surface area contributed by atoms with Crippen molar-refractivity contribution in [3.63, 3.8) is 0 Å². The van der Waals surface area contributed by atoms with Crippen LogP contribution in [0, 0.1) is 0 Å². The van der Waals surface area contributed by atoms with Gasteiger partial charge in [0.15, 0.2) is 0 Å². The predicted octanol–water partition coefficient (Wildman–Crippen LogP) is -0.241. The Balaban J connectivity index is 2.07. The number of nitrogens with one attached hydrogen (secondary N) is 1. The van der Waals surface area contributed by atoms with Crippen LogP contribution in [0.15, 0.2) is 0 Å². The highest BCUT2D eigenvalue weighted by atomic mass is 16.4. The lowest BCUT2D eigenvalue weighted by Gasteiger charge is -2.26. The number of hydrogen-bond acceptors (Lipinski definition) is 3. The molecule has 3 nitrogen and oxygen atoms in total. The van der Waals surface area contributed by atoms with E-state index in [4.69, 9.17) is 10.4 Å². The second-order valence-corrected chi connectivity index (χ2v) is 3.25. The van der Waals surface area contributed by atoms with E-state index in [0.717, 1.165) is 12.8 Å². The van der Waals surface area contributed by atoms with Crippen LogP contribution in [0.25, 0.3) is 0 Å². The fourth-order valence-electron chi connectivity index (χ4n) is 1.52. The molecule has 3 N–H and O–H groups in total. The minimum atomic E-state index is 0.440. The monoisotopic (exact) mass is 156 g/mol. The smallest absolute Gasteiger partial charge is 0.360 e. The lowest BCUT2D eigenvalue weighted by Crippen LogP contribution is -2.39.